The van der Waals surface area contributed by atoms with E-state index in [1.807, 2.05) is 30.3 Å². The molecule has 0 aliphatic carbocycles. The predicted octanol–water partition coefficient (Wildman–Crippen LogP) is 5.59. The molecule has 7 nitrogen and oxygen atoms in total. The second kappa shape index (κ2) is 9.92. The maximum absolute atomic E-state index is 13.1. The van der Waals surface area contributed by atoms with Gasteiger partial charge in [-0.25, -0.2) is 14.2 Å². The molecule has 1 heterocycles. The lowest BCUT2D eigenvalue weighted by atomic mass is 10.1. The second-order valence-electron chi connectivity index (χ2n) is 6.96. The van der Waals surface area contributed by atoms with Gasteiger partial charge in [0, 0.05) is 16.9 Å². The number of ketones is 1. The van der Waals surface area contributed by atoms with Crippen LogP contribution < -0.4 is 16.4 Å². The van der Waals surface area contributed by atoms with Gasteiger partial charge in [-0.05, 0) is 54.1 Å². The van der Waals surface area contributed by atoms with Crippen LogP contribution in [0.2, 0.25) is 0 Å². The molecule has 0 saturated carbocycles. The number of nitrogens with two attached hydrogens (primary N) is 1. The van der Waals surface area contributed by atoms with Gasteiger partial charge in [-0.3, -0.25) is 10.1 Å². The molecule has 1 aromatic heterocycles. The average Bonchev–Trinajstić information content (AvgIpc) is 3.20. The molecule has 0 bridgehead atoms. The number of anilines is 4. The van der Waals surface area contributed by atoms with Gasteiger partial charge >= 0.3 is 6.09 Å². The van der Waals surface area contributed by atoms with Crippen molar-refractivity contribution in [2.24, 2.45) is 0 Å². The lowest BCUT2D eigenvalue weighted by Gasteiger charge is -2.07. The van der Waals surface area contributed by atoms with E-state index in [0.29, 0.717) is 22.1 Å². The SMILES string of the molecule is Nc1nc(Nc2ccc(F)cc2)sc1C(=O)c1ccc(NC(=O)OCc2ccccc2)cc1. The third kappa shape index (κ3) is 5.72. The van der Waals surface area contributed by atoms with Crippen LogP contribution in [0.25, 0.3) is 0 Å². The molecule has 4 rings (SSSR count). The summed E-state index contributed by atoms with van der Waals surface area (Å²) in [5.41, 5.74) is 8.32. The highest BCUT2D eigenvalue weighted by Crippen LogP contribution is 2.30. The lowest BCUT2D eigenvalue weighted by Crippen LogP contribution is -2.13. The summed E-state index contributed by atoms with van der Waals surface area (Å²) < 4.78 is 18.2. The molecule has 166 valence electrons. The van der Waals surface area contributed by atoms with E-state index in [1.54, 1.807) is 36.4 Å². The van der Waals surface area contributed by atoms with E-state index >= 15 is 0 Å². The Labute approximate surface area is 193 Å². The van der Waals surface area contributed by atoms with Crippen molar-refractivity contribution in [2.45, 2.75) is 6.61 Å². The van der Waals surface area contributed by atoms with Crippen LogP contribution in [0.1, 0.15) is 20.8 Å². The number of ether oxygens (including phenoxy) is 1. The summed E-state index contributed by atoms with van der Waals surface area (Å²) in [6.45, 7) is 0.155. The first kappa shape index (κ1) is 22.0. The number of hydrogen-bond donors (Lipinski definition) is 3. The third-order valence-corrected chi connectivity index (χ3v) is 5.55. The zero-order valence-corrected chi connectivity index (χ0v) is 18.1. The molecule has 0 fully saturated rings. The first-order chi connectivity index (χ1) is 16.0. The minimum atomic E-state index is -0.596. The smallest absolute Gasteiger partial charge is 0.411 e. The van der Waals surface area contributed by atoms with Crippen LogP contribution in [0.4, 0.5) is 31.5 Å². The lowest BCUT2D eigenvalue weighted by molar-refractivity contribution is 0.104. The number of nitrogens with one attached hydrogen (secondary N) is 2. The Bertz CT molecular complexity index is 1260. The Balaban J connectivity index is 1.37. The van der Waals surface area contributed by atoms with Crippen molar-refractivity contribution in [1.29, 1.82) is 0 Å². The van der Waals surface area contributed by atoms with Gasteiger partial charge in [0.25, 0.3) is 0 Å². The molecule has 0 radical (unpaired) electrons. The van der Waals surface area contributed by atoms with Crippen LogP contribution in [-0.4, -0.2) is 16.9 Å². The van der Waals surface area contributed by atoms with Crippen molar-refractivity contribution in [3.63, 3.8) is 0 Å². The molecule has 0 aliphatic rings. The van der Waals surface area contributed by atoms with Gasteiger partial charge in [0.2, 0.25) is 5.78 Å². The van der Waals surface area contributed by atoms with Crippen molar-refractivity contribution in [3.05, 3.63) is 101 Å². The molecule has 0 spiro atoms. The summed E-state index contributed by atoms with van der Waals surface area (Å²) in [6.07, 6.45) is -0.596. The summed E-state index contributed by atoms with van der Waals surface area (Å²) in [6, 6.07) is 21.5. The topological polar surface area (TPSA) is 106 Å². The van der Waals surface area contributed by atoms with Gasteiger partial charge in [0.1, 0.15) is 23.1 Å². The van der Waals surface area contributed by atoms with E-state index in [2.05, 4.69) is 15.6 Å². The van der Waals surface area contributed by atoms with Crippen LogP contribution in [0, 0.1) is 5.82 Å². The molecule has 0 aliphatic heterocycles. The number of thiazole rings is 1. The zero-order chi connectivity index (χ0) is 23.2. The van der Waals surface area contributed by atoms with Crippen LogP contribution in [0.5, 0.6) is 0 Å². The maximum Gasteiger partial charge on any atom is 0.411 e. The number of carbonyl (C=O) groups is 2. The standard InChI is InChI=1S/C24H19FN4O3S/c25-17-8-12-18(13-9-17)27-23-29-22(26)21(33-23)20(30)16-6-10-19(11-7-16)28-24(31)32-14-15-4-2-1-3-5-15/h1-13H,14,26H2,(H,27,29)(H,28,31). The van der Waals surface area contributed by atoms with E-state index in [1.165, 1.54) is 12.1 Å². The highest BCUT2D eigenvalue weighted by atomic mass is 32.1. The van der Waals surface area contributed by atoms with Crippen molar-refractivity contribution in [2.75, 3.05) is 16.4 Å². The number of amides is 1. The largest absolute Gasteiger partial charge is 0.444 e. The Kier molecular flexibility index (Phi) is 6.61. The molecular weight excluding hydrogens is 443 g/mol. The number of nitrogens with zero attached hydrogens (tertiary/aromatic N) is 1. The monoisotopic (exact) mass is 462 g/mol. The van der Waals surface area contributed by atoms with Gasteiger partial charge < -0.3 is 15.8 Å². The molecule has 9 heteroatoms. The number of nitrogen functional groups attached to an aromatic ring is 1. The maximum atomic E-state index is 13.1. The fourth-order valence-corrected chi connectivity index (χ4v) is 3.78. The van der Waals surface area contributed by atoms with Crippen molar-refractivity contribution < 1.29 is 18.7 Å². The normalized spacial score (nSPS) is 10.5. The highest BCUT2D eigenvalue weighted by Gasteiger charge is 2.18. The number of aromatic nitrogens is 1. The number of halogens is 1. The van der Waals surface area contributed by atoms with E-state index in [-0.39, 0.29) is 28.9 Å². The van der Waals surface area contributed by atoms with Crippen LogP contribution in [0.15, 0.2) is 78.9 Å². The Morgan fingerprint density at radius 2 is 1.61 bits per heavy atom. The van der Waals surface area contributed by atoms with Gasteiger partial charge in [-0.15, -0.1) is 0 Å². The van der Waals surface area contributed by atoms with Crippen LogP contribution in [0.3, 0.4) is 0 Å². The van der Waals surface area contributed by atoms with Gasteiger partial charge in [0.15, 0.2) is 5.13 Å². The number of rotatable bonds is 7. The van der Waals surface area contributed by atoms with E-state index in [4.69, 9.17) is 10.5 Å². The van der Waals surface area contributed by atoms with Crippen molar-refractivity contribution >= 4 is 45.5 Å². The number of hydrogen-bond acceptors (Lipinski definition) is 7. The fourth-order valence-electron chi connectivity index (χ4n) is 2.92. The third-order valence-electron chi connectivity index (χ3n) is 4.56. The molecule has 0 saturated heterocycles. The molecule has 1 amide bonds. The van der Waals surface area contributed by atoms with Gasteiger partial charge in [-0.2, -0.15) is 0 Å². The van der Waals surface area contributed by atoms with Gasteiger partial charge in [0.05, 0.1) is 0 Å². The van der Waals surface area contributed by atoms with Crippen molar-refractivity contribution in [3.8, 4) is 0 Å². The highest BCUT2D eigenvalue weighted by molar-refractivity contribution is 7.18. The quantitative estimate of drug-likeness (QED) is 0.309. The zero-order valence-electron chi connectivity index (χ0n) is 17.2. The van der Waals surface area contributed by atoms with Crippen LogP contribution in [-0.2, 0) is 11.3 Å². The summed E-state index contributed by atoms with van der Waals surface area (Å²) >= 11 is 1.10. The molecule has 0 atom stereocenters. The van der Waals surface area contributed by atoms with E-state index in [0.717, 1.165) is 16.9 Å². The Morgan fingerprint density at radius 1 is 0.939 bits per heavy atom. The summed E-state index contributed by atoms with van der Waals surface area (Å²) in [4.78, 5) is 29.3. The second-order valence-corrected chi connectivity index (χ2v) is 7.96. The summed E-state index contributed by atoms with van der Waals surface area (Å²) in [7, 11) is 0. The number of benzene rings is 3. The minimum Gasteiger partial charge on any atom is -0.444 e. The first-order valence-electron chi connectivity index (χ1n) is 9.89. The molecule has 0 unspecified atom stereocenters. The Hall–Kier alpha value is -4.24. The molecular formula is C24H19FN4O3S. The first-order valence-corrected chi connectivity index (χ1v) is 10.7. The van der Waals surface area contributed by atoms with Crippen LogP contribution >= 0.6 is 11.3 Å². The molecule has 4 N–H and O–H groups in total. The minimum absolute atomic E-state index is 0.0984. The van der Waals surface area contributed by atoms with E-state index < -0.39 is 6.09 Å². The number of carbonyl (C=O) groups excluding carboxylic acids is 2. The Morgan fingerprint density at radius 3 is 2.30 bits per heavy atom. The predicted molar refractivity (Wildman–Crippen MR) is 126 cm³/mol. The van der Waals surface area contributed by atoms with Gasteiger partial charge in [-0.1, -0.05) is 41.7 Å². The molecule has 3 aromatic carbocycles. The molecule has 4 aromatic rings. The summed E-state index contributed by atoms with van der Waals surface area (Å²) in [5.74, 6) is -0.547. The van der Waals surface area contributed by atoms with Crippen molar-refractivity contribution in [1.82, 2.24) is 4.98 Å². The summed E-state index contributed by atoms with van der Waals surface area (Å²) in [5, 5.41) is 6.04. The average molecular weight is 463 g/mol. The van der Waals surface area contributed by atoms with E-state index in [9.17, 15) is 14.0 Å². The fraction of sp³-hybridized carbons (Fsp3) is 0.0417. The molecule has 33 heavy (non-hydrogen) atoms.